The maximum absolute atomic E-state index is 14.7. The molecular formula is C23H19F2N7O. The van der Waals surface area contributed by atoms with Gasteiger partial charge in [-0.05, 0) is 25.1 Å². The van der Waals surface area contributed by atoms with Crippen molar-refractivity contribution in [3.63, 3.8) is 0 Å². The van der Waals surface area contributed by atoms with Gasteiger partial charge in [0.25, 0.3) is 0 Å². The van der Waals surface area contributed by atoms with Crippen molar-refractivity contribution in [1.82, 2.24) is 29.9 Å². The predicted octanol–water partition coefficient (Wildman–Crippen LogP) is 4.69. The summed E-state index contributed by atoms with van der Waals surface area (Å²) in [7, 11) is 0. The summed E-state index contributed by atoms with van der Waals surface area (Å²) in [5.41, 5.74) is 2.57. The Bertz CT molecular complexity index is 1390. The maximum atomic E-state index is 14.7. The van der Waals surface area contributed by atoms with Gasteiger partial charge in [0.15, 0.2) is 0 Å². The molecule has 3 aromatic heterocycles. The normalized spacial score (nSPS) is 11.1. The zero-order chi connectivity index (χ0) is 22.8. The Hall–Kier alpha value is -4.34. The molecule has 0 saturated carbocycles. The number of nitrogens with zero attached hydrogens (tertiary/aromatic N) is 5. The maximum Gasteiger partial charge on any atom is 0.226 e. The number of benzene rings is 2. The molecule has 0 saturated heterocycles. The summed E-state index contributed by atoms with van der Waals surface area (Å²) in [5.74, 6) is -0.724. The number of aromatic amines is 1. The highest BCUT2D eigenvalue weighted by molar-refractivity contribution is 5.92. The number of halogens is 2. The molecule has 166 valence electrons. The van der Waals surface area contributed by atoms with E-state index in [2.05, 4.69) is 30.6 Å². The first-order valence-electron chi connectivity index (χ1n) is 10.3. The summed E-state index contributed by atoms with van der Waals surface area (Å²) in [6.07, 6.45) is 3.12. The number of para-hydroxylation sites is 1. The standard InChI is InChI=1S/C23H19F2N7O/c1-2-33-15-10-18(24)17(19(25)11-15)12-32-21-6-4-3-5-16(21)22(31-32)20-9-14(7-8-26-20)29-23-27-13-28-30-23/h3-11,13H,2,12H2,1H3,(H2,26,27,28,29,30). The van der Waals surface area contributed by atoms with Crippen LogP contribution in [-0.4, -0.2) is 36.6 Å². The van der Waals surface area contributed by atoms with Crippen molar-refractivity contribution in [2.75, 3.05) is 11.9 Å². The first kappa shape index (κ1) is 20.6. The minimum absolute atomic E-state index is 0.0827. The van der Waals surface area contributed by atoms with Crippen LogP contribution in [0.3, 0.4) is 0 Å². The van der Waals surface area contributed by atoms with Gasteiger partial charge in [-0.3, -0.25) is 9.67 Å². The van der Waals surface area contributed by atoms with E-state index < -0.39 is 11.6 Å². The van der Waals surface area contributed by atoms with Gasteiger partial charge in [0.2, 0.25) is 5.95 Å². The van der Waals surface area contributed by atoms with E-state index in [9.17, 15) is 8.78 Å². The lowest BCUT2D eigenvalue weighted by Gasteiger charge is -2.09. The third kappa shape index (κ3) is 4.10. The SMILES string of the molecule is CCOc1cc(F)c(Cn2nc(-c3cc(Nc4nnc[nH]4)ccn3)c3ccccc32)c(F)c1. The Labute approximate surface area is 187 Å². The zero-order valence-corrected chi connectivity index (χ0v) is 17.6. The van der Waals surface area contributed by atoms with Crippen LogP contribution >= 0.6 is 0 Å². The fourth-order valence-corrected chi connectivity index (χ4v) is 3.61. The van der Waals surface area contributed by atoms with Crippen LogP contribution in [0.25, 0.3) is 22.3 Å². The number of pyridine rings is 1. The highest BCUT2D eigenvalue weighted by Crippen LogP contribution is 2.30. The van der Waals surface area contributed by atoms with Crippen LogP contribution in [0, 0.1) is 11.6 Å². The van der Waals surface area contributed by atoms with E-state index in [1.165, 1.54) is 18.5 Å². The fraction of sp³-hybridized carbons (Fsp3) is 0.130. The number of nitrogens with one attached hydrogen (secondary N) is 2. The third-order valence-corrected chi connectivity index (χ3v) is 5.07. The number of rotatable bonds is 7. The van der Waals surface area contributed by atoms with E-state index in [0.717, 1.165) is 16.6 Å². The van der Waals surface area contributed by atoms with E-state index in [0.29, 0.717) is 23.9 Å². The second-order valence-corrected chi connectivity index (χ2v) is 7.21. The molecule has 0 amide bonds. The van der Waals surface area contributed by atoms with Gasteiger partial charge < -0.3 is 15.0 Å². The first-order valence-corrected chi connectivity index (χ1v) is 10.3. The molecule has 0 atom stereocenters. The van der Waals surface area contributed by atoms with Gasteiger partial charge in [0.05, 0.1) is 24.4 Å². The zero-order valence-electron chi connectivity index (χ0n) is 17.6. The van der Waals surface area contributed by atoms with Crippen LogP contribution in [0.1, 0.15) is 12.5 Å². The molecule has 0 radical (unpaired) electrons. The molecule has 5 aromatic rings. The van der Waals surface area contributed by atoms with Gasteiger partial charge in [0.1, 0.15) is 29.4 Å². The summed E-state index contributed by atoms with van der Waals surface area (Å²) in [6, 6.07) is 13.5. The summed E-state index contributed by atoms with van der Waals surface area (Å²) < 4.78 is 36.2. The molecule has 0 aliphatic rings. The Balaban J connectivity index is 1.54. The first-order chi connectivity index (χ1) is 16.1. The van der Waals surface area contributed by atoms with Gasteiger partial charge in [-0.1, -0.05) is 18.2 Å². The molecule has 10 heteroatoms. The minimum atomic E-state index is -0.684. The molecule has 33 heavy (non-hydrogen) atoms. The van der Waals surface area contributed by atoms with Crippen LogP contribution in [-0.2, 0) is 6.54 Å². The Morgan fingerprint density at radius 2 is 1.91 bits per heavy atom. The lowest BCUT2D eigenvalue weighted by atomic mass is 10.1. The van der Waals surface area contributed by atoms with E-state index in [-0.39, 0.29) is 17.9 Å². The molecular weight excluding hydrogens is 428 g/mol. The topological polar surface area (TPSA) is 93.5 Å². The van der Waals surface area contributed by atoms with Crippen molar-refractivity contribution in [1.29, 1.82) is 0 Å². The van der Waals surface area contributed by atoms with Crippen LogP contribution in [0.5, 0.6) is 5.75 Å². The Morgan fingerprint density at radius 3 is 2.67 bits per heavy atom. The second-order valence-electron chi connectivity index (χ2n) is 7.21. The van der Waals surface area contributed by atoms with Crippen molar-refractivity contribution >= 4 is 22.5 Å². The average Bonchev–Trinajstić information content (AvgIpc) is 3.45. The van der Waals surface area contributed by atoms with Crippen molar-refractivity contribution in [3.05, 3.63) is 78.3 Å². The number of hydrogen-bond acceptors (Lipinski definition) is 6. The largest absolute Gasteiger partial charge is 0.494 e. The number of anilines is 2. The molecule has 0 aliphatic heterocycles. The van der Waals surface area contributed by atoms with E-state index in [4.69, 9.17) is 4.74 Å². The molecule has 0 bridgehead atoms. The summed E-state index contributed by atoms with van der Waals surface area (Å²) >= 11 is 0. The highest BCUT2D eigenvalue weighted by Gasteiger charge is 2.18. The molecule has 0 fully saturated rings. The van der Waals surface area contributed by atoms with Gasteiger partial charge in [0, 0.05) is 35.0 Å². The van der Waals surface area contributed by atoms with E-state index >= 15 is 0 Å². The number of H-pyrrole nitrogens is 1. The number of aromatic nitrogens is 6. The summed E-state index contributed by atoms with van der Waals surface area (Å²) in [6.45, 7) is 1.99. The predicted molar refractivity (Wildman–Crippen MR) is 119 cm³/mol. The lowest BCUT2D eigenvalue weighted by molar-refractivity contribution is 0.335. The van der Waals surface area contributed by atoms with Crippen molar-refractivity contribution in [3.8, 4) is 17.1 Å². The fourth-order valence-electron chi connectivity index (χ4n) is 3.61. The molecule has 2 aromatic carbocycles. The number of fused-ring (bicyclic) bond motifs is 1. The highest BCUT2D eigenvalue weighted by atomic mass is 19.1. The monoisotopic (exact) mass is 447 g/mol. The Kier molecular flexibility index (Phi) is 5.39. The van der Waals surface area contributed by atoms with E-state index in [1.807, 2.05) is 30.3 Å². The average molecular weight is 447 g/mol. The second kappa shape index (κ2) is 8.65. The van der Waals surface area contributed by atoms with Gasteiger partial charge in [-0.2, -0.15) is 5.10 Å². The molecule has 2 N–H and O–H groups in total. The molecule has 0 spiro atoms. The minimum Gasteiger partial charge on any atom is -0.494 e. The van der Waals surface area contributed by atoms with Crippen molar-refractivity contribution < 1.29 is 13.5 Å². The quantitative estimate of drug-likeness (QED) is 0.376. The number of hydrogen-bond donors (Lipinski definition) is 2. The van der Waals surface area contributed by atoms with Crippen LogP contribution < -0.4 is 10.1 Å². The molecule has 0 unspecified atom stereocenters. The van der Waals surface area contributed by atoms with Crippen molar-refractivity contribution in [2.24, 2.45) is 0 Å². The van der Waals surface area contributed by atoms with Crippen LogP contribution in [0.2, 0.25) is 0 Å². The van der Waals surface area contributed by atoms with Crippen LogP contribution in [0.4, 0.5) is 20.4 Å². The third-order valence-electron chi connectivity index (χ3n) is 5.07. The van der Waals surface area contributed by atoms with Gasteiger partial charge in [-0.25, -0.2) is 8.78 Å². The summed E-state index contributed by atoms with van der Waals surface area (Å²) in [4.78, 5) is 7.32. The molecule has 8 nitrogen and oxygen atoms in total. The molecule has 5 rings (SSSR count). The van der Waals surface area contributed by atoms with Crippen LogP contribution in [0.15, 0.2) is 61.1 Å². The van der Waals surface area contributed by atoms with Gasteiger partial charge >= 0.3 is 0 Å². The Morgan fingerprint density at radius 1 is 1.09 bits per heavy atom. The van der Waals surface area contributed by atoms with Crippen molar-refractivity contribution in [2.45, 2.75) is 13.5 Å². The molecule has 3 heterocycles. The van der Waals surface area contributed by atoms with Gasteiger partial charge in [-0.15, -0.1) is 10.2 Å². The smallest absolute Gasteiger partial charge is 0.226 e. The summed E-state index contributed by atoms with van der Waals surface area (Å²) in [5, 5.41) is 16.2. The number of ether oxygens (including phenoxy) is 1. The van der Waals surface area contributed by atoms with E-state index in [1.54, 1.807) is 23.9 Å². The molecule has 0 aliphatic carbocycles. The lowest BCUT2D eigenvalue weighted by Crippen LogP contribution is -2.07.